The molecule has 2 heterocycles. The fourth-order valence-corrected chi connectivity index (χ4v) is 7.12. The molecule has 3 nitrogen and oxygen atoms in total. The Balaban J connectivity index is 1.55. The van der Waals surface area contributed by atoms with Gasteiger partial charge in [-0.2, -0.15) is 0 Å². The van der Waals surface area contributed by atoms with Crippen LogP contribution < -0.4 is 4.90 Å². The minimum Gasteiger partial charge on any atom is -0.462 e. The van der Waals surface area contributed by atoms with Crippen molar-refractivity contribution in [3.8, 4) is 0 Å². The van der Waals surface area contributed by atoms with Gasteiger partial charge in [0.2, 0.25) is 5.72 Å². The summed E-state index contributed by atoms with van der Waals surface area (Å²) in [6, 6.07) is 48.9. The topological polar surface area (TPSA) is 29.5 Å². The normalized spacial score (nSPS) is 20.2. The van der Waals surface area contributed by atoms with Gasteiger partial charge in [0.15, 0.2) is 0 Å². The first-order valence-electron chi connectivity index (χ1n) is 13.5. The van der Waals surface area contributed by atoms with Crippen LogP contribution >= 0.6 is 11.8 Å². The molecule has 2 aliphatic heterocycles. The van der Waals surface area contributed by atoms with Crippen LogP contribution in [-0.4, -0.2) is 5.91 Å². The Hall–Kier alpha value is -4.54. The number of ether oxygens (including phenoxy) is 1. The first kappa shape index (κ1) is 24.5. The van der Waals surface area contributed by atoms with Crippen LogP contribution in [0.3, 0.4) is 0 Å². The fourth-order valence-electron chi connectivity index (χ4n) is 5.77. The molecule has 0 fully saturated rings. The first-order chi connectivity index (χ1) is 19.7. The predicted octanol–water partition coefficient (Wildman–Crippen LogP) is 8.71. The van der Waals surface area contributed by atoms with E-state index in [9.17, 15) is 0 Å². The Morgan fingerprint density at radius 2 is 1.20 bits per heavy atom. The molecule has 194 valence electrons. The zero-order chi connectivity index (χ0) is 26.9. The van der Waals surface area contributed by atoms with Crippen molar-refractivity contribution >= 4 is 34.7 Å². The zero-order valence-electron chi connectivity index (χ0n) is 21.8. The van der Waals surface area contributed by atoms with Crippen LogP contribution in [0.5, 0.6) is 0 Å². The monoisotopic (exact) mass is 537 g/mol. The standard InChI is InChI=1S/C36H27NO2S/c38-35-33(27-17-7-2-8-18-27)34(28-19-9-3-10-20-28)39-36(29-21-11-4-12-22-29)25-32(26-15-5-1-6-16-26)40-31-24-14-13-23-30(31)37(35)36/h1-24,32H,25H2. The van der Waals surface area contributed by atoms with Crippen LogP contribution in [0, 0.1) is 0 Å². The molecule has 5 aromatic rings. The second-order valence-corrected chi connectivity index (χ2v) is 11.3. The van der Waals surface area contributed by atoms with Crippen molar-refractivity contribution in [1.29, 1.82) is 0 Å². The van der Waals surface area contributed by atoms with E-state index in [4.69, 9.17) is 4.74 Å². The molecule has 0 saturated heterocycles. The number of anilines is 1. The Bertz CT molecular complexity index is 1690. The molecule has 2 unspecified atom stereocenters. The molecule has 2 aliphatic rings. The molecule has 40 heavy (non-hydrogen) atoms. The maximum Gasteiger partial charge on any atom is 0.266 e. The Kier molecular flexibility index (Phi) is 6.26. The lowest BCUT2D eigenvalue weighted by Crippen LogP contribution is -2.55. The van der Waals surface area contributed by atoms with Crippen LogP contribution in [0.1, 0.15) is 33.9 Å². The summed E-state index contributed by atoms with van der Waals surface area (Å²) in [6.07, 6.45) is 0.574. The van der Waals surface area contributed by atoms with Crippen LogP contribution in [-0.2, 0) is 15.3 Å². The number of rotatable bonds is 4. The molecular weight excluding hydrogens is 510 g/mol. The highest BCUT2D eigenvalue weighted by Crippen LogP contribution is 2.57. The van der Waals surface area contributed by atoms with E-state index >= 15 is 4.79 Å². The molecule has 5 aromatic carbocycles. The number of thioether (sulfide) groups is 1. The van der Waals surface area contributed by atoms with E-state index < -0.39 is 5.72 Å². The number of carbonyl (C=O) groups is 1. The maximum atomic E-state index is 15.1. The molecule has 0 aromatic heterocycles. The molecular formula is C36H27NO2S. The van der Waals surface area contributed by atoms with Gasteiger partial charge in [0, 0.05) is 27.7 Å². The van der Waals surface area contributed by atoms with Crippen molar-refractivity contribution < 1.29 is 9.53 Å². The van der Waals surface area contributed by atoms with E-state index in [0.29, 0.717) is 17.8 Å². The van der Waals surface area contributed by atoms with Crippen LogP contribution in [0.15, 0.2) is 150 Å². The molecule has 0 bridgehead atoms. The van der Waals surface area contributed by atoms with Crippen molar-refractivity contribution in [2.24, 2.45) is 0 Å². The van der Waals surface area contributed by atoms with E-state index in [1.54, 1.807) is 11.8 Å². The summed E-state index contributed by atoms with van der Waals surface area (Å²) < 4.78 is 7.35. The largest absolute Gasteiger partial charge is 0.462 e. The van der Waals surface area contributed by atoms with Crippen LogP contribution in [0.2, 0.25) is 0 Å². The van der Waals surface area contributed by atoms with Gasteiger partial charge in [0.1, 0.15) is 5.76 Å². The minimum absolute atomic E-state index is 0.0515. The van der Waals surface area contributed by atoms with Crippen LogP contribution in [0.25, 0.3) is 11.3 Å². The summed E-state index contributed by atoms with van der Waals surface area (Å²) in [5.74, 6) is 0.537. The number of para-hydroxylation sites is 1. The summed E-state index contributed by atoms with van der Waals surface area (Å²) in [5, 5.41) is 0.0515. The lowest BCUT2D eigenvalue weighted by atomic mass is 9.87. The molecule has 1 amide bonds. The van der Waals surface area contributed by atoms with Crippen molar-refractivity contribution in [3.05, 3.63) is 168 Å². The van der Waals surface area contributed by atoms with Gasteiger partial charge in [-0.25, -0.2) is 0 Å². The number of carbonyl (C=O) groups excluding carboxylic acids is 1. The summed E-state index contributed by atoms with van der Waals surface area (Å²) in [4.78, 5) is 18.0. The molecule has 2 atom stereocenters. The number of hydrogen-bond acceptors (Lipinski definition) is 3. The molecule has 0 saturated carbocycles. The van der Waals surface area contributed by atoms with E-state index in [2.05, 4.69) is 42.5 Å². The van der Waals surface area contributed by atoms with Crippen LogP contribution in [0.4, 0.5) is 5.69 Å². The van der Waals surface area contributed by atoms with Crippen molar-refractivity contribution in [1.82, 2.24) is 0 Å². The average Bonchev–Trinajstić information content (AvgIpc) is 3.18. The second-order valence-electron chi connectivity index (χ2n) is 10.0. The quantitative estimate of drug-likeness (QED) is 0.230. The molecule has 0 spiro atoms. The maximum absolute atomic E-state index is 15.1. The number of fused-ring (bicyclic) bond motifs is 3. The number of nitrogens with zero attached hydrogens (tertiary/aromatic N) is 1. The predicted molar refractivity (Wildman–Crippen MR) is 162 cm³/mol. The molecule has 0 radical (unpaired) electrons. The number of hydrogen-bond donors (Lipinski definition) is 0. The Morgan fingerprint density at radius 1 is 0.650 bits per heavy atom. The van der Waals surface area contributed by atoms with Gasteiger partial charge >= 0.3 is 0 Å². The van der Waals surface area contributed by atoms with E-state index in [1.807, 2.05) is 108 Å². The fraction of sp³-hybridized carbons (Fsp3) is 0.0833. The first-order valence-corrected chi connectivity index (χ1v) is 14.4. The SMILES string of the molecule is O=C1C(c2ccccc2)=C(c2ccccc2)OC2(c3ccccc3)CC(c3ccccc3)Sc3ccccc3N12. The Morgan fingerprint density at radius 3 is 1.88 bits per heavy atom. The van der Waals surface area contributed by atoms with Gasteiger partial charge in [-0.1, -0.05) is 133 Å². The van der Waals surface area contributed by atoms with Gasteiger partial charge in [-0.3, -0.25) is 9.69 Å². The Labute approximate surface area is 238 Å². The van der Waals surface area contributed by atoms with E-state index in [0.717, 1.165) is 27.3 Å². The summed E-state index contributed by atoms with van der Waals surface area (Å²) >= 11 is 1.79. The zero-order valence-corrected chi connectivity index (χ0v) is 22.6. The number of amides is 1. The van der Waals surface area contributed by atoms with Gasteiger partial charge in [0.05, 0.1) is 11.3 Å². The van der Waals surface area contributed by atoms with Gasteiger partial charge in [0.25, 0.3) is 5.91 Å². The summed E-state index contributed by atoms with van der Waals surface area (Å²) in [5.41, 5.74) is 4.23. The smallest absolute Gasteiger partial charge is 0.266 e. The van der Waals surface area contributed by atoms with Crippen molar-refractivity contribution in [3.63, 3.8) is 0 Å². The number of benzene rings is 5. The van der Waals surface area contributed by atoms with Gasteiger partial charge in [-0.05, 0) is 23.3 Å². The summed E-state index contributed by atoms with van der Waals surface area (Å²) in [7, 11) is 0. The molecule has 0 N–H and O–H groups in total. The lowest BCUT2D eigenvalue weighted by molar-refractivity contribution is -0.120. The third-order valence-electron chi connectivity index (χ3n) is 7.61. The molecule has 0 aliphatic carbocycles. The third kappa shape index (κ3) is 4.12. The highest BCUT2D eigenvalue weighted by atomic mass is 32.2. The van der Waals surface area contributed by atoms with E-state index in [-0.39, 0.29) is 11.2 Å². The van der Waals surface area contributed by atoms with Crippen molar-refractivity contribution in [2.75, 3.05) is 4.90 Å². The minimum atomic E-state index is -1.07. The summed E-state index contributed by atoms with van der Waals surface area (Å²) in [6.45, 7) is 0. The highest BCUT2D eigenvalue weighted by Gasteiger charge is 2.54. The van der Waals surface area contributed by atoms with Crippen molar-refractivity contribution in [2.45, 2.75) is 22.3 Å². The average molecular weight is 538 g/mol. The second kappa shape index (κ2) is 10.2. The van der Waals surface area contributed by atoms with Gasteiger partial charge in [-0.15, -0.1) is 11.8 Å². The third-order valence-corrected chi connectivity index (χ3v) is 8.93. The van der Waals surface area contributed by atoms with E-state index in [1.165, 1.54) is 5.56 Å². The molecule has 4 heteroatoms. The highest BCUT2D eigenvalue weighted by molar-refractivity contribution is 7.99. The lowest BCUT2D eigenvalue weighted by Gasteiger charge is -2.48. The van der Waals surface area contributed by atoms with Gasteiger partial charge < -0.3 is 4.74 Å². The molecule has 7 rings (SSSR count).